The molecule has 0 radical (unpaired) electrons. The Balaban J connectivity index is 3.31. The van der Waals surface area contributed by atoms with Gasteiger partial charge in [-0.1, -0.05) is 0 Å². The van der Waals surface area contributed by atoms with Crippen molar-refractivity contribution in [2.45, 2.75) is 0 Å². The first-order valence-corrected chi connectivity index (χ1v) is 3.20. The van der Waals surface area contributed by atoms with Crippen molar-refractivity contribution in [2.24, 2.45) is 0 Å². The maximum absolute atomic E-state index is 10.5. The molecule has 0 heterocycles. The second-order valence-corrected chi connectivity index (χ2v) is 2.37. The highest BCUT2D eigenvalue weighted by Crippen LogP contribution is 2.24. The minimum Gasteiger partial charge on any atom is -0.478 e. The van der Waals surface area contributed by atoms with Crippen LogP contribution in [0.25, 0.3) is 0 Å². The van der Waals surface area contributed by atoms with E-state index in [2.05, 4.69) is 0 Å². The van der Waals surface area contributed by atoms with Crippen LogP contribution in [0.3, 0.4) is 0 Å². The van der Waals surface area contributed by atoms with Crippen LogP contribution in [-0.4, -0.2) is 11.1 Å². The van der Waals surface area contributed by atoms with E-state index in [1.165, 1.54) is 12.1 Å². The lowest BCUT2D eigenvalue weighted by Gasteiger charge is -2.04. The van der Waals surface area contributed by atoms with Gasteiger partial charge >= 0.3 is 5.97 Å². The number of anilines is 3. The fourth-order valence-corrected chi connectivity index (χ4v) is 0.822. The van der Waals surface area contributed by atoms with E-state index in [1.807, 2.05) is 0 Å². The number of benzene rings is 1. The molecule has 0 amide bonds. The van der Waals surface area contributed by atoms with E-state index in [0.717, 1.165) is 0 Å². The molecule has 0 aliphatic heterocycles. The lowest BCUT2D eigenvalue weighted by Crippen LogP contribution is -2.04. The summed E-state index contributed by atoms with van der Waals surface area (Å²) in [7, 11) is 0. The molecule has 0 fully saturated rings. The molecule has 5 nitrogen and oxygen atoms in total. The largest absolute Gasteiger partial charge is 0.478 e. The van der Waals surface area contributed by atoms with Gasteiger partial charge in [-0.15, -0.1) is 0 Å². The minimum absolute atomic E-state index is 0.0409. The lowest BCUT2D eigenvalue weighted by molar-refractivity contribution is 0.0697. The normalized spacial score (nSPS) is 9.67. The second-order valence-electron chi connectivity index (χ2n) is 2.37. The molecule has 0 spiro atoms. The molecule has 1 rings (SSSR count). The highest BCUT2D eigenvalue weighted by atomic mass is 16.4. The van der Waals surface area contributed by atoms with E-state index < -0.39 is 5.97 Å². The first-order chi connectivity index (χ1) is 5.52. The van der Waals surface area contributed by atoms with Gasteiger partial charge in [-0.2, -0.15) is 0 Å². The molecule has 0 atom stereocenters. The zero-order chi connectivity index (χ0) is 9.30. The summed E-state index contributed by atoms with van der Waals surface area (Å²) < 4.78 is 0. The van der Waals surface area contributed by atoms with Crippen LogP contribution in [0.5, 0.6) is 0 Å². The third-order valence-corrected chi connectivity index (χ3v) is 1.49. The van der Waals surface area contributed by atoms with E-state index in [0.29, 0.717) is 0 Å². The van der Waals surface area contributed by atoms with E-state index in [9.17, 15) is 4.79 Å². The van der Waals surface area contributed by atoms with Crippen molar-refractivity contribution in [3.8, 4) is 0 Å². The lowest BCUT2D eigenvalue weighted by atomic mass is 10.1. The van der Waals surface area contributed by atoms with Crippen molar-refractivity contribution in [1.29, 1.82) is 0 Å². The number of rotatable bonds is 1. The smallest absolute Gasteiger partial charge is 0.335 e. The van der Waals surface area contributed by atoms with E-state index in [1.54, 1.807) is 0 Å². The summed E-state index contributed by atoms with van der Waals surface area (Å²) in [5, 5.41) is 8.57. The summed E-state index contributed by atoms with van der Waals surface area (Å²) in [6, 6.07) is 2.54. The number of nitrogen functional groups attached to an aromatic ring is 3. The first kappa shape index (κ1) is 8.19. The molecular weight excluding hydrogens is 158 g/mol. The van der Waals surface area contributed by atoms with Gasteiger partial charge in [0, 0.05) is 0 Å². The summed E-state index contributed by atoms with van der Waals surface area (Å²) in [4.78, 5) is 10.5. The molecular formula is C7H9N3O2. The van der Waals surface area contributed by atoms with Crippen LogP contribution < -0.4 is 17.2 Å². The number of aromatic carboxylic acids is 1. The standard InChI is InChI=1S/C7H9N3O2/c8-4-1-3(7(11)12)2-5(9)6(4)10/h1-2H,8-10H2,(H,11,12). The molecule has 0 aliphatic carbocycles. The maximum Gasteiger partial charge on any atom is 0.335 e. The summed E-state index contributed by atoms with van der Waals surface area (Å²) in [5.41, 5.74) is 16.8. The van der Waals surface area contributed by atoms with E-state index >= 15 is 0 Å². The van der Waals surface area contributed by atoms with Gasteiger partial charge in [-0.05, 0) is 12.1 Å². The Morgan fingerprint density at radius 2 is 1.58 bits per heavy atom. The van der Waals surface area contributed by atoms with Crippen molar-refractivity contribution in [3.05, 3.63) is 17.7 Å². The fraction of sp³-hybridized carbons (Fsp3) is 0. The van der Waals surface area contributed by atoms with Gasteiger partial charge in [0.1, 0.15) is 0 Å². The van der Waals surface area contributed by atoms with Crippen LogP contribution >= 0.6 is 0 Å². The quantitative estimate of drug-likeness (QED) is 0.444. The van der Waals surface area contributed by atoms with Crippen molar-refractivity contribution in [2.75, 3.05) is 17.2 Å². The van der Waals surface area contributed by atoms with Gasteiger partial charge in [0.2, 0.25) is 0 Å². The second kappa shape index (κ2) is 2.61. The molecule has 0 bridgehead atoms. The number of hydrogen-bond acceptors (Lipinski definition) is 4. The molecule has 7 N–H and O–H groups in total. The van der Waals surface area contributed by atoms with Crippen molar-refractivity contribution in [3.63, 3.8) is 0 Å². The Hall–Kier alpha value is -1.91. The Morgan fingerprint density at radius 3 is 1.92 bits per heavy atom. The highest BCUT2D eigenvalue weighted by molar-refractivity contribution is 5.93. The van der Waals surface area contributed by atoms with Crippen molar-refractivity contribution >= 4 is 23.0 Å². The van der Waals surface area contributed by atoms with Crippen molar-refractivity contribution in [1.82, 2.24) is 0 Å². The molecule has 1 aromatic rings. The Morgan fingerprint density at radius 1 is 1.17 bits per heavy atom. The molecule has 0 aromatic heterocycles. The van der Waals surface area contributed by atoms with Crippen LogP contribution in [0.2, 0.25) is 0 Å². The minimum atomic E-state index is -1.08. The maximum atomic E-state index is 10.5. The van der Waals surface area contributed by atoms with E-state index in [4.69, 9.17) is 22.3 Å². The zero-order valence-corrected chi connectivity index (χ0v) is 6.24. The van der Waals surface area contributed by atoms with Gasteiger partial charge in [0.15, 0.2) is 0 Å². The predicted octanol–water partition coefficient (Wildman–Crippen LogP) is 0.131. The Labute approximate surface area is 68.8 Å². The topological polar surface area (TPSA) is 115 Å². The molecule has 64 valence electrons. The van der Waals surface area contributed by atoms with Gasteiger partial charge in [-0.25, -0.2) is 4.79 Å². The molecule has 0 saturated carbocycles. The van der Waals surface area contributed by atoms with Gasteiger partial charge < -0.3 is 22.3 Å². The Kier molecular flexibility index (Phi) is 1.78. The van der Waals surface area contributed by atoms with Crippen LogP contribution in [0.4, 0.5) is 17.1 Å². The summed E-state index contributed by atoms with van der Waals surface area (Å²) in [5.74, 6) is -1.08. The monoisotopic (exact) mass is 167 g/mol. The SMILES string of the molecule is Nc1cc(C(=O)O)cc(N)c1N. The third-order valence-electron chi connectivity index (χ3n) is 1.49. The average Bonchev–Trinajstić information content (AvgIpc) is 1.99. The predicted molar refractivity (Wildman–Crippen MR) is 46.6 cm³/mol. The number of hydrogen-bond donors (Lipinski definition) is 4. The molecule has 0 saturated heterocycles. The van der Waals surface area contributed by atoms with Crippen molar-refractivity contribution < 1.29 is 9.90 Å². The van der Waals surface area contributed by atoms with Crippen LogP contribution in [0.1, 0.15) is 10.4 Å². The molecule has 0 unspecified atom stereocenters. The zero-order valence-electron chi connectivity index (χ0n) is 6.24. The number of nitrogens with two attached hydrogens (primary N) is 3. The molecule has 5 heteroatoms. The third kappa shape index (κ3) is 1.24. The molecule has 12 heavy (non-hydrogen) atoms. The average molecular weight is 167 g/mol. The number of carboxylic acid groups (broad SMARTS) is 1. The number of carbonyl (C=O) groups is 1. The fourth-order valence-electron chi connectivity index (χ4n) is 0.822. The number of carboxylic acids is 1. The van der Waals surface area contributed by atoms with Gasteiger partial charge in [0.25, 0.3) is 0 Å². The highest BCUT2D eigenvalue weighted by Gasteiger charge is 2.07. The van der Waals surface area contributed by atoms with Gasteiger partial charge in [-0.3, -0.25) is 0 Å². The van der Waals surface area contributed by atoms with Crippen LogP contribution in [0.15, 0.2) is 12.1 Å². The Bertz CT molecular complexity index is 312. The summed E-state index contributed by atoms with van der Waals surface area (Å²) in [6.07, 6.45) is 0. The van der Waals surface area contributed by atoms with Gasteiger partial charge in [0.05, 0.1) is 22.6 Å². The molecule has 1 aromatic carbocycles. The van der Waals surface area contributed by atoms with Crippen LogP contribution in [0, 0.1) is 0 Å². The van der Waals surface area contributed by atoms with Crippen LogP contribution in [-0.2, 0) is 0 Å². The first-order valence-electron chi connectivity index (χ1n) is 3.20. The molecule has 0 aliphatic rings. The summed E-state index contributed by atoms with van der Waals surface area (Å²) >= 11 is 0. The summed E-state index contributed by atoms with van der Waals surface area (Å²) in [6.45, 7) is 0. The van der Waals surface area contributed by atoms with E-state index in [-0.39, 0.29) is 22.6 Å².